The van der Waals surface area contributed by atoms with Gasteiger partial charge in [0.05, 0.1) is 10.7 Å². The van der Waals surface area contributed by atoms with Crippen LogP contribution in [0.1, 0.15) is 16.1 Å². The second-order valence-corrected chi connectivity index (χ2v) is 10.3. The third-order valence-electron chi connectivity index (χ3n) is 6.33. The molecule has 1 fully saturated rings. The van der Waals surface area contributed by atoms with Crippen molar-refractivity contribution in [2.75, 3.05) is 36.4 Å². The topological polar surface area (TPSA) is 65.8 Å². The zero-order chi connectivity index (χ0) is 27.4. The van der Waals surface area contributed by atoms with Gasteiger partial charge in [-0.15, -0.1) is 0 Å². The van der Waals surface area contributed by atoms with Gasteiger partial charge in [0.2, 0.25) is 5.91 Å². The van der Waals surface area contributed by atoms with Crippen molar-refractivity contribution in [2.24, 2.45) is 0 Å². The molecule has 1 aliphatic heterocycles. The number of anilines is 2. The molecule has 0 unspecified atom stereocenters. The number of hydrogen-bond donors (Lipinski definition) is 1. The molecular formula is C30H24Cl3N3O3. The van der Waals surface area contributed by atoms with E-state index in [2.05, 4.69) is 10.2 Å². The Labute approximate surface area is 241 Å². The minimum absolute atomic E-state index is 0.0118. The summed E-state index contributed by atoms with van der Waals surface area (Å²) in [6.07, 6.45) is 3.44. The Hall–Kier alpha value is -3.71. The van der Waals surface area contributed by atoms with Gasteiger partial charge in [0.25, 0.3) is 5.91 Å². The zero-order valence-corrected chi connectivity index (χ0v) is 23.0. The first-order valence-electron chi connectivity index (χ1n) is 12.3. The minimum Gasteiger partial charge on any atom is -0.451 e. The highest BCUT2D eigenvalue weighted by atomic mass is 35.5. The first-order chi connectivity index (χ1) is 18.9. The normalized spacial score (nSPS) is 13.6. The summed E-state index contributed by atoms with van der Waals surface area (Å²) in [5.74, 6) is 0.200. The molecule has 4 aromatic rings. The van der Waals surface area contributed by atoms with Crippen molar-refractivity contribution < 1.29 is 14.0 Å². The SMILES string of the molecule is O=C(Nc1ccc(N2CCN(C(=O)/C=C/c3ccccc3)CC2)c(Cl)c1)c1ccc(-c2cc(Cl)cc(Cl)c2)o1. The number of carbonyl (C=O) groups is 2. The number of furan rings is 1. The lowest BCUT2D eigenvalue weighted by Gasteiger charge is -2.36. The lowest BCUT2D eigenvalue weighted by Crippen LogP contribution is -2.48. The Balaban J connectivity index is 1.18. The number of benzene rings is 3. The molecule has 0 aliphatic carbocycles. The number of carbonyl (C=O) groups excluding carboxylic acids is 2. The molecule has 6 nitrogen and oxygen atoms in total. The molecule has 39 heavy (non-hydrogen) atoms. The Morgan fingerprint density at radius 2 is 1.54 bits per heavy atom. The van der Waals surface area contributed by atoms with Crippen molar-refractivity contribution in [1.29, 1.82) is 0 Å². The second-order valence-electron chi connectivity index (χ2n) is 9.00. The largest absolute Gasteiger partial charge is 0.451 e. The van der Waals surface area contributed by atoms with E-state index < -0.39 is 5.91 Å². The van der Waals surface area contributed by atoms with Crippen molar-refractivity contribution in [3.63, 3.8) is 0 Å². The van der Waals surface area contributed by atoms with E-state index >= 15 is 0 Å². The Morgan fingerprint density at radius 3 is 2.23 bits per heavy atom. The van der Waals surface area contributed by atoms with Crippen molar-refractivity contribution in [3.8, 4) is 11.3 Å². The predicted molar refractivity (Wildman–Crippen MR) is 158 cm³/mol. The third kappa shape index (κ3) is 6.66. The van der Waals surface area contributed by atoms with Crippen molar-refractivity contribution in [3.05, 3.63) is 111 Å². The average molecular weight is 581 g/mol. The molecule has 1 aromatic heterocycles. The van der Waals surface area contributed by atoms with E-state index in [-0.39, 0.29) is 11.7 Å². The van der Waals surface area contributed by atoms with Crippen LogP contribution in [0.4, 0.5) is 11.4 Å². The van der Waals surface area contributed by atoms with Gasteiger partial charge in [-0.3, -0.25) is 9.59 Å². The van der Waals surface area contributed by atoms with Crippen LogP contribution < -0.4 is 10.2 Å². The number of hydrogen-bond acceptors (Lipinski definition) is 4. The summed E-state index contributed by atoms with van der Waals surface area (Å²) >= 11 is 18.7. The lowest BCUT2D eigenvalue weighted by atomic mass is 10.2. The van der Waals surface area contributed by atoms with Crippen LogP contribution in [0.25, 0.3) is 17.4 Å². The summed E-state index contributed by atoms with van der Waals surface area (Å²) < 4.78 is 5.73. The molecule has 1 saturated heterocycles. The molecule has 1 aliphatic rings. The summed E-state index contributed by atoms with van der Waals surface area (Å²) in [5, 5.41) is 4.27. The molecule has 3 aromatic carbocycles. The maximum absolute atomic E-state index is 12.8. The monoisotopic (exact) mass is 579 g/mol. The van der Waals surface area contributed by atoms with Crippen LogP contribution in [-0.4, -0.2) is 42.9 Å². The van der Waals surface area contributed by atoms with E-state index in [1.165, 1.54) is 0 Å². The van der Waals surface area contributed by atoms with Gasteiger partial charge in [-0.1, -0.05) is 65.1 Å². The molecule has 1 N–H and O–H groups in total. The average Bonchev–Trinajstić information content (AvgIpc) is 3.43. The molecule has 2 amide bonds. The predicted octanol–water partition coefficient (Wildman–Crippen LogP) is 7.52. The Bertz CT molecular complexity index is 1510. The molecule has 0 spiro atoms. The molecule has 0 bridgehead atoms. The highest BCUT2D eigenvalue weighted by Crippen LogP contribution is 2.31. The summed E-state index contributed by atoms with van der Waals surface area (Å²) in [4.78, 5) is 29.3. The van der Waals surface area contributed by atoms with E-state index in [9.17, 15) is 9.59 Å². The number of amides is 2. The zero-order valence-electron chi connectivity index (χ0n) is 20.7. The fourth-order valence-corrected chi connectivity index (χ4v) is 5.18. The van der Waals surface area contributed by atoms with E-state index in [0.29, 0.717) is 58.3 Å². The van der Waals surface area contributed by atoms with Crippen LogP contribution in [0, 0.1) is 0 Å². The van der Waals surface area contributed by atoms with Gasteiger partial charge in [0.15, 0.2) is 5.76 Å². The first kappa shape index (κ1) is 26.9. The van der Waals surface area contributed by atoms with Gasteiger partial charge < -0.3 is 19.5 Å². The van der Waals surface area contributed by atoms with E-state index in [4.69, 9.17) is 39.2 Å². The Kier molecular flexibility index (Phi) is 8.27. The molecular weight excluding hydrogens is 557 g/mol. The van der Waals surface area contributed by atoms with Crippen LogP contribution >= 0.6 is 34.8 Å². The molecule has 2 heterocycles. The molecule has 0 atom stereocenters. The van der Waals surface area contributed by atoms with E-state index in [1.54, 1.807) is 48.5 Å². The molecule has 9 heteroatoms. The van der Waals surface area contributed by atoms with Crippen LogP contribution in [0.15, 0.2) is 89.4 Å². The van der Waals surface area contributed by atoms with Gasteiger partial charge in [0.1, 0.15) is 5.76 Å². The van der Waals surface area contributed by atoms with Gasteiger partial charge in [0, 0.05) is 53.6 Å². The van der Waals surface area contributed by atoms with Crippen molar-refractivity contribution >= 4 is 64.1 Å². The number of rotatable bonds is 6. The quantitative estimate of drug-likeness (QED) is 0.240. The number of nitrogens with zero attached hydrogens (tertiary/aromatic N) is 2. The summed E-state index contributed by atoms with van der Waals surface area (Å²) in [6, 6.07) is 23.4. The van der Waals surface area contributed by atoms with Gasteiger partial charge >= 0.3 is 0 Å². The van der Waals surface area contributed by atoms with Gasteiger partial charge in [-0.05, 0) is 60.2 Å². The van der Waals surface area contributed by atoms with Gasteiger partial charge in [-0.25, -0.2) is 0 Å². The van der Waals surface area contributed by atoms with Crippen LogP contribution in [-0.2, 0) is 4.79 Å². The van der Waals surface area contributed by atoms with Crippen molar-refractivity contribution in [2.45, 2.75) is 0 Å². The summed E-state index contributed by atoms with van der Waals surface area (Å²) in [6.45, 7) is 2.48. The standard InChI is InChI=1S/C30H24Cl3N3O3/c31-22-16-21(17-23(32)18-22)27-9-10-28(39-27)30(38)34-24-7-8-26(25(33)19-24)35-12-14-36(15-13-35)29(37)11-6-20-4-2-1-3-5-20/h1-11,16-19H,12-15H2,(H,34,38)/b11-6+. The van der Waals surface area contributed by atoms with Gasteiger partial charge in [-0.2, -0.15) is 0 Å². The highest BCUT2D eigenvalue weighted by molar-refractivity contribution is 6.35. The number of halogens is 3. The Morgan fingerprint density at radius 1 is 0.821 bits per heavy atom. The fourth-order valence-electron chi connectivity index (χ4n) is 4.35. The van der Waals surface area contributed by atoms with E-state index in [1.807, 2.05) is 47.4 Å². The number of piperazine rings is 1. The second kappa shape index (κ2) is 12.0. The fraction of sp³-hybridized carbons (Fsp3) is 0.133. The smallest absolute Gasteiger partial charge is 0.291 e. The lowest BCUT2D eigenvalue weighted by molar-refractivity contribution is -0.126. The maximum atomic E-state index is 12.8. The molecule has 0 saturated carbocycles. The molecule has 0 radical (unpaired) electrons. The summed E-state index contributed by atoms with van der Waals surface area (Å²) in [7, 11) is 0. The highest BCUT2D eigenvalue weighted by Gasteiger charge is 2.22. The van der Waals surface area contributed by atoms with E-state index in [0.717, 1.165) is 11.3 Å². The van der Waals surface area contributed by atoms with Crippen LogP contribution in [0.3, 0.4) is 0 Å². The molecule has 198 valence electrons. The minimum atomic E-state index is -0.408. The first-order valence-corrected chi connectivity index (χ1v) is 13.4. The third-order valence-corrected chi connectivity index (χ3v) is 7.07. The number of nitrogens with one attached hydrogen (secondary N) is 1. The molecule has 5 rings (SSSR count). The van der Waals surface area contributed by atoms with Crippen molar-refractivity contribution in [1.82, 2.24) is 4.90 Å². The maximum Gasteiger partial charge on any atom is 0.291 e. The summed E-state index contributed by atoms with van der Waals surface area (Å²) in [5.41, 5.74) is 3.05. The van der Waals surface area contributed by atoms with Crippen LogP contribution in [0.2, 0.25) is 15.1 Å². The van der Waals surface area contributed by atoms with Crippen LogP contribution in [0.5, 0.6) is 0 Å².